The van der Waals surface area contributed by atoms with E-state index in [9.17, 15) is 0 Å². The van der Waals surface area contributed by atoms with Gasteiger partial charge in [-0.1, -0.05) is 6.07 Å². The predicted octanol–water partition coefficient (Wildman–Crippen LogP) is 3.70. The second-order valence-corrected chi connectivity index (χ2v) is 6.98. The highest BCUT2D eigenvalue weighted by Crippen LogP contribution is 2.38. The maximum absolute atomic E-state index is 6.10. The lowest BCUT2D eigenvalue weighted by Crippen LogP contribution is -2.35. The molecule has 0 bridgehead atoms. The van der Waals surface area contributed by atoms with Gasteiger partial charge in [-0.05, 0) is 41.1 Å². The summed E-state index contributed by atoms with van der Waals surface area (Å²) in [5, 5.41) is 0. The van der Waals surface area contributed by atoms with Crippen molar-refractivity contribution in [1.29, 1.82) is 0 Å². The van der Waals surface area contributed by atoms with Crippen molar-refractivity contribution in [3.05, 3.63) is 44.6 Å². The molecule has 1 aliphatic heterocycles. The van der Waals surface area contributed by atoms with E-state index < -0.39 is 0 Å². The molecular weight excluding hydrogens is 350 g/mol. The molecule has 110 valence electrons. The Morgan fingerprint density at radius 1 is 1.43 bits per heavy atom. The third-order valence-electron chi connectivity index (χ3n) is 3.52. The molecular formula is C15H16BrN3OS. The van der Waals surface area contributed by atoms with Gasteiger partial charge in [-0.25, -0.2) is 0 Å². The molecule has 2 aromatic rings. The van der Waals surface area contributed by atoms with Gasteiger partial charge in [0.15, 0.2) is 5.96 Å². The van der Waals surface area contributed by atoms with Crippen LogP contribution in [0.15, 0.2) is 39.8 Å². The van der Waals surface area contributed by atoms with E-state index in [2.05, 4.69) is 38.8 Å². The number of guanidine groups is 1. The van der Waals surface area contributed by atoms with Crippen LogP contribution in [0.3, 0.4) is 0 Å². The van der Waals surface area contributed by atoms with Gasteiger partial charge < -0.3 is 15.4 Å². The summed E-state index contributed by atoms with van der Waals surface area (Å²) in [6, 6.07) is 10.2. The van der Waals surface area contributed by atoms with Crippen molar-refractivity contribution >= 4 is 38.9 Å². The largest absolute Gasteiger partial charge is 0.497 e. The van der Waals surface area contributed by atoms with E-state index in [-0.39, 0.29) is 6.04 Å². The van der Waals surface area contributed by atoms with Gasteiger partial charge in [-0.3, -0.25) is 4.99 Å². The fourth-order valence-electron chi connectivity index (χ4n) is 2.43. The second kappa shape index (κ2) is 5.69. The molecule has 0 aliphatic carbocycles. The summed E-state index contributed by atoms with van der Waals surface area (Å²) in [6.07, 6.45) is 0. The van der Waals surface area contributed by atoms with E-state index in [1.165, 1.54) is 9.75 Å². The summed E-state index contributed by atoms with van der Waals surface area (Å²) in [5.41, 5.74) is 7.10. The number of aliphatic imine (C=N–C) groups is 1. The van der Waals surface area contributed by atoms with Crippen LogP contribution in [0.5, 0.6) is 5.75 Å². The van der Waals surface area contributed by atoms with E-state index in [1.54, 1.807) is 18.4 Å². The number of hydrogen-bond acceptors (Lipinski definition) is 5. The summed E-state index contributed by atoms with van der Waals surface area (Å²) in [5.74, 6) is 1.37. The molecule has 1 atom stereocenters. The molecule has 0 radical (unpaired) electrons. The number of nitrogens with two attached hydrogens (primary N) is 1. The van der Waals surface area contributed by atoms with Crippen molar-refractivity contribution in [3.8, 4) is 5.75 Å². The van der Waals surface area contributed by atoms with Crippen LogP contribution in [0.1, 0.15) is 15.8 Å². The van der Waals surface area contributed by atoms with Gasteiger partial charge in [0.1, 0.15) is 5.75 Å². The molecule has 0 saturated heterocycles. The zero-order valence-electron chi connectivity index (χ0n) is 11.8. The molecule has 1 unspecified atom stereocenters. The summed E-state index contributed by atoms with van der Waals surface area (Å²) >= 11 is 5.35. The summed E-state index contributed by atoms with van der Waals surface area (Å²) in [7, 11) is 1.66. The lowest BCUT2D eigenvalue weighted by molar-refractivity contribution is 0.415. The Morgan fingerprint density at radius 3 is 2.90 bits per heavy atom. The summed E-state index contributed by atoms with van der Waals surface area (Å²) in [6.45, 7) is 2.78. The zero-order chi connectivity index (χ0) is 15.0. The van der Waals surface area contributed by atoms with Gasteiger partial charge in [0, 0.05) is 26.0 Å². The van der Waals surface area contributed by atoms with Crippen LogP contribution >= 0.6 is 27.3 Å². The highest BCUT2D eigenvalue weighted by molar-refractivity contribution is 9.10. The number of anilines is 1. The van der Waals surface area contributed by atoms with Gasteiger partial charge >= 0.3 is 0 Å². The number of halogens is 1. The highest BCUT2D eigenvalue weighted by Gasteiger charge is 2.30. The second-order valence-electron chi connectivity index (χ2n) is 4.84. The topological polar surface area (TPSA) is 50.9 Å². The Morgan fingerprint density at radius 2 is 2.24 bits per heavy atom. The van der Waals surface area contributed by atoms with E-state index in [4.69, 9.17) is 10.5 Å². The van der Waals surface area contributed by atoms with Crippen molar-refractivity contribution < 1.29 is 4.74 Å². The van der Waals surface area contributed by atoms with Crippen LogP contribution in [0, 0.1) is 6.92 Å². The van der Waals surface area contributed by atoms with Crippen LogP contribution in [-0.2, 0) is 0 Å². The molecule has 1 aromatic heterocycles. The highest BCUT2D eigenvalue weighted by atomic mass is 79.9. The molecule has 0 spiro atoms. The number of nitrogens with zero attached hydrogens (tertiary/aromatic N) is 2. The Kier molecular flexibility index (Phi) is 3.91. The molecule has 2 heterocycles. The fraction of sp³-hybridized carbons (Fsp3) is 0.267. The third-order valence-corrected chi connectivity index (χ3v) is 5.76. The van der Waals surface area contributed by atoms with Crippen LogP contribution in [0.4, 0.5) is 5.69 Å². The van der Waals surface area contributed by atoms with E-state index >= 15 is 0 Å². The number of rotatable bonds is 3. The van der Waals surface area contributed by atoms with E-state index in [1.807, 2.05) is 24.3 Å². The number of benzene rings is 1. The number of thiophene rings is 1. The molecule has 0 amide bonds. The molecule has 1 aromatic carbocycles. The first-order valence-corrected chi connectivity index (χ1v) is 8.20. The predicted molar refractivity (Wildman–Crippen MR) is 91.5 cm³/mol. The van der Waals surface area contributed by atoms with Gasteiger partial charge in [-0.15, -0.1) is 11.3 Å². The molecule has 2 N–H and O–H groups in total. The van der Waals surface area contributed by atoms with Gasteiger partial charge in [0.05, 0.1) is 19.7 Å². The standard InChI is InChI=1S/C15H16BrN3OS/c1-9-12(16)7-14(21-9)13-8-18-15(17)19(13)10-4-3-5-11(6-10)20-2/h3-7,13H,8H2,1-2H3,(H2,17,18). The van der Waals surface area contributed by atoms with Gasteiger partial charge in [-0.2, -0.15) is 0 Å². The fourth-order valence-corrected chi connectivity index (χ4v) is 4.08. The lowest BCUT2D eigenvalue weighted by Gasteiger charge is -2.25. The molecule has 6 heteroatoms. The smallest absolute Gasteiger partial charge is 0.196 e. The summed E-state index contributed by atoms with van der Waals surface area (Å²) < 4.78 is 6.44. The first kappa shape index (κ1) is 14.4. The minimum Gasteiger partial charge on any atom is -0.497 e. The number of methoxy groups -OCH3 is 1. The average Bonchev–Trinajstić information content (AvgIpc) is 3.02. The number of hydrogen-bond donors (Lipinski definition) is 1. The van der Waals surface area contributed by atoms with Crippen molar-refractivity contribution in [1.82, 2.24) is 0 Å². The van der Waals surface area contributed by atoms with Gasteiger partial charge in [0.2, 0.25) is 0 Å². The van der Waals surface area contributed by atoms with Crippen LogP contribution < -0.4 is 15.4 Å². The molecule has 0 fully saturated rings. The van der Waals surface area contributed by atoms with E-state index in [0.29, 0.717) is 12.5 Å². The van der Waals surface area contributed by atoms with Crippen molar-refractivity contribution in [3.63, 3.8) is 0 Å². The van der Waals surface area contributed by atoms with Crippen LogP contribution in [0.2, 0.25) is 0 Å². The normalized spacial score (nSPS) is 18.0. The minimum atomic E-state index is 0.145. The first-order valence-electron chi connectivity index (χ1n) is 6.59. The molecule has 3 rings (SSSR count). The molecule has 0 saturated carbocycles. The van der Waals surface area contributed by atoms with Gasteiger partial charge in [0.25, 0.3) is 0 Å². The number of aryl methyl sites for hydroxylation is 1. The van der Waals surface area contributed by atoms with Crippen LogP contribution in [-0.4, -0.2) is 19.6 Å². The molecule has 1 aliphatic rings. The SMILES string of the molecule is COc1cccc(N2C(N)=NCC2c2cc(Br)c(C)s2)c1. The molecule has 4 nitrogen and oxygen atoms in total. The van der Waals surface area contributed by atoms with Crippen molar-refractivity contribution in [2.45, 2.75) is 13.0 Å². The quantitative estimate of drug-likeness (QED) is 0.901. The molecule has 21 heavy (non-hydrogen) atoms. The lowest BCUT2D eigenvalue weighted by atomic mass is 10.2. The minimum absolute atomic E-state index is 0.145. The van der Waals surface area contributed by atoms with E-state index in [0.717, 1.165) is 15.9 Å². The van der Waals surface area contributed by atoms with Crippen molar-refractivity contribution in [2.75, 3.05) is 18.6 Å². The first-order chi connectivity index (χ1) is 10.1. The Hall–Kier alpha value is -1.53. The Bertz CT molecular complexity index is 678. The monoisotopic (exact) mass is 365 g/mol. The Balaban J connectivity index is 1.98. The average molecular weight is 366 g/mol. The maximum atomic E-state index is 6.10. The van der Waals surface area contributed by atoms with Crippen molar-refractivity contribution in [2.24, 2.45) is 10.7 Å². The zero-order valence-corrected chi connectivity index (χ0v) is 14.2. The van der Waals surface area contributed by atoms with Crippen LogP contribution in [0.25, 0.3) is 0 Å². The maximum Gasteiger partial charge on any atom is 0.196 e. The number of ether oxygens (including phenoxy) is 1. The Labute approximate surface area is 136 Å². The summed E-state index contributed by atoms with van der Waals surface area (Å²) in [4.78, 5) is 9.01. The third kappa shape index (κ3) is 2.65.